The van der Waals surface area contributed by atoms with Gasteiger partial charge in [-0.1, -0.05) is 53.2 Å². The quantitative estimate of drug-likeness (QED) is 0.444. The zero-order valence-corrected chi connectivity index (χ0v) is 14.7. The van der Waals surface area contributed by atoms with Crippen LogP contribution < -0.4 is 5.32 Å². The first-order valence-electron chi connectivity index (χ1n) is 6.84. The van der Waals surface area contributed by atoms with Gasteiger partial charge in [0.15, 0.2) is 6.61 Å². The number of amides is 1. The standard InChI is InChI=1S/C17H13Cl2NO3S/c18-12-6-7-15(14(19)10-12)20-16(21)11-23-17(22)8-9-24-13-4-2-1-3-5-13/h1-10H,11H2,(H,20,21)/b9-8+. The van der Waals surface area contributed by atoms with Crippen LogP contribution in [0.4, 0.5) is 5.69 Å². The van der Waals surface area contributed by atoms with E-state index in [-0.39, 0.29) is 0 Å². The highest BCUT2D eigenvalue weighted by molar-refractivity contribution is 8.02. The first-order chi connectivity index (χ1) is 11.5. The second-order valence-electron chi connectivity index (χ2n) is 4.51. The average Bonchev–Trinajstić information content (AvgIpc) is 2.56. The topological polar surface area (TPSA) is 55.4 Å². The van der Waals surface area contributed by atoms with Gasteiger partial charge in [0.2, 0.25) is 0 Å². The Bertz CT molecular complexity index is 751. The lowest BCUT2D eigenvalue weighted by Crippen LogP contribution is -2.20. The lowest BCUT2D eigenvalue weighted by atomic mass is 10.3. The van der Waals surface area contributed by atoms with Crippen molar-refractivity contribution >= 4 is 52.5 Å². The number of ether oxygens (including phenoxy) is 1. The largest absolute Gasteiger partial charge is 0.452 e. The molecule has 2 rings (SSSR count). The predicted molar refractivity (Wildman–Crippen MR) is 97.5 cm³/mol. The molecule has 0 aromatic heterocycles. The third-order valence-electron chi connectivity index (χ3n) is 2.70. The number of nitrogens with one attached hydrogen (secondary N) is 1. The van der Waals surface area contributed by atoms with E-state index in [1.54, 1.807) is 17.5 Å². The van der Waals surface area contributed by atoms with E-state index >= 15 is 0 Å². The number of thioether (sulfide) groups is 1. The van der Waals surface area contributed by atoms with Crippen molar-refractivity contribution in [3.05, 3.63) is 70.1 Å². The summed E-state index contributed by atoms with van der Waals surface area (Å²) in [6.45, 7) is -0.405. The van der Waals surface area contributed by atoms with E-state index in [2.05, 4.69) is 5.32 Å². The third kappa shape index (κ3) is 6.28. The van der Waals surface area contributed by atoms with Crippen molar-refractivity contribution in [2.75, 3.05) is 11.9 Å². The molecule has 1 amide bonds. The molecule has 0 aliphatic carbocycles. The van der Waals surface area contributed by atoms with Crippen molar-refractivity contribution in [2.24, 2.45) is 0 Å². The number of halogens is 2. The number of carbonyl (C=O) groups excluding carboxylic acids is 2. The minimum Gasteiger partial charge on any atom is -0.452 e. The van der Waals surface area contributed by atoms with Gasteiger partial charge in [0.1, 0.15) is 0 Å². The molecule has 0 heterocycles. The maximum atomic E-state index is 11.7. The summed E-state index contributed by atoms with van der Waals surface area (Å²) in [4.78, 5) is 24.3. The molecule has 0 saturated heterocycles. The van der Waals surface area contributed by atoms with Crippen LogP contribution in [0.25, 0.3) is 0 Å². The van der Waals surface area contributed by atoms with Crippen LogP contribution >= 0.6 is 35.0 Å². The van der Waals surface area contributed by atoms with Gasteiger partial charge >= 0.3 is 5.97 Å². The molecule has 0 radical (unpaired) electrons. The third-order valence-corrected chi connectivity index (χ3v) is 4.07. The van der Waals surface area contributed by atoms with Crippen LogP contribution in [0.3, 0.4) is 0 Å². The fourth-order valence-corrected chi connectivity index (χ4v) is 2.74. The summed E-state index contributed by atoms with van der Waals surface area (Å²) in [5.41, 5.74) is 0.400. The molecule has 4 nitrogen and oxygen atoms in total. The van der Waals surface area contributed by atoms with E-state index in [9.17, 15) is 9.59 Å². The zero-order chi connectivity index (χ0) is 17.4. The van der Waals surface area contributed by atoms with E-state index in [0.717, 1.165) is 4.90 Å². The van der Waals surface area contributed by atoms with Crippen molar-refractivity contribution < 1.29 is 14.3 Å². The Hall–Kier alpha value is -1.95. The van der Waals surface area contributed by atoms with Crippen molar-refractivity contribution in [1.29, 1.82) is 0 Å². The molecular formula is C17H13Cl2NO3S. The molecule has 0 saturated carbocycles. The Kier molecular flexibility index (Phi) is 7.18. The molecule has 0 aliphatic rings. The smallest absolute Gasteiger partial charge is 0.331 e. The Balaban J connectivity index is 1.75. The van der Waals surface area contributed by atoms with Gasteiger partial charge in [-0.2, -0.15) is 0 Å². The summed E-state index contributed by atoms with van der Waals surface area (Å²) in [6, 6.07) is 14.2. The van der Waals surface area contributed by atoms with Crippen LogP contribution in [-0.4, -0.2) is 18.5 Å². The fourth-order valence-electron chi connectivity index (χ4n) is 1.63. The highest BCUT2D eigenvalue weighted by Crippen LogP contribution is 2.25. The highest BCUT2D eigenvalue weighted by Gasteiger charge is 2.08. The van der Waals surface area contributed by atoms with Gasteiger partial charge < -0.3 is 10.1 Å². The minimum atomic E-state index is -0.601. The Morgan fingerprint density at radius 3 is 2.58 bits per heavy atom. The van der Waals surface area contributed by atoms with E-state index in [4.69, 9.17) is 27.9 Å². The Morgan fingerprint density at radius 1 is 1.12 bits per heavy atom. The van der Waals surface area contributed by atoms with Gasteiger partial charge in [0.05, 0.1) is 10.7 Å². The highest BCUT2D eigenvalue weighted by atomic mass is 35.5. The molecular weight excluding hydrogens is 369 g/mol. The van der Waals surface area contributed by atoms with Crippen LogP contribution in [0, 0.1) is 0 Å². The SMILES string of the molecule is O=C(COC(=O)/C=C/Sc1ccccc1)Nc1ccc(Cl)cc1Cl. The second-order valence-corrected chi connectivity index (χ2v) is 6.34. The van der Waals surface area contributed by atoms with Crippen LogP contribution in [0.2, 0.25) is 10.0 Å². The lowest BCUT2D eigenvalue weighted by Gasteiger charge is -2.07. The fraction of sp³-hybridized carbons (Fsp3) is 0.0588. The number of anilines is 1. The summed E-state index contributed by atoms with van der Waals surface area (Å²) < 4.78 is 4.86. The minimum absolute atomic E-state index is 0.307. The molecule has 0 atom stereocenters. The number of carbonyl (C=O) groups is 2. The van der Waals surface area contributed by atoms with E-state index in [0.29, 0.717) is 15.7 Å². The molecule has 0 bridgehead atoms. The van der Waals surface area contributed by atoms with Crippen molar-refractivity contribution in [3.8, 4) is 0 Å². The molecule has 24 heavy (non-hydrogen) atoms. The van der Waals surface area contributed by atoms with Gasteiger partial charge in [-0.25, -0.2) is 4.79 Å². The number of esters is 1. The Morgan fingerprint density at radius 2 is 1.88 bits per heavy atom. The van der Waals surface area contributed by atoms with Gasteiger partial charge in [0.25, 0.3) is 5.91 Å². The average molecular weight is 382 g/mol. The molecule has 7 heteroatoms. The van der Waals surface area contributed by atoms with Crippen LogP contribution in [0.15, 0.2) is 64.9 Å². The molecule has 0 unspecified atom stereocenters. The summed E-state index contributed by atoms with van der Waals surface area (Å²) in [7, 11) is 0. The van der Waals surface area contributed by atoms with Crippen molar-refractivity contribution in [1.82, 2.24) is 0 Å². The Labute approximate surface area is 153 Å². The zero-order valence-electron chi connectivity index (χ0n) is 12.4. The molecule has 0 aliphatic heterocycles. The number of rotatable bonds is 6. The maximum Gasteiger partial charge on any atom is 0.331 e. The molecule has 124 valence electrons. The predicted octanol–water partition coefficient (Wildman–Crippen LogP) is 4.78. The molecule has 2 aromatic carbocycles. The van der Waals surface area contributed by atoms with E-state index < -0.39 is 18.5 Å². The monoisotopic (exact) mass is 381 g/mol. The molecule has 0 spiro atoms. The first kappa shape index (κ1) is 18.4. The van der Waals surface area contributed by atoms with E-state index in [1.807, 2.05) is 30.3 Å². The first-order valence-corrected chi connectivity index (χ1v) is 8.48. The van der Waals surface area contributed by atoms with Gasteiger partial charge in [-0.15, -0.1) is 0 Å². The van der Waals surface area contributed by atoms with Gasteiger partial charge in [-0.05, 0) is 35.7 Å². The molecule has 0 fully saturated rings. The summed E-state index contributed by atoms with van der Waals surface area (Å²) in [5.74, 6) is -1.09. The number of hydrogen-bond acceptors (Lipinski definition) is 4. The van der Waals surface area contributed by atoms with Crippen LogP contribution in [0.1, 0.15) is 0 Å². The van der Waals surface area contributed by atoms with Crippen molar-refractivity contribution in [3.63, 3.8) is 0 Å². The lowest BCUT2D eigenvalue weighted by molar-refractivity contribution is -0.142. The molecule has 1 N–H and O–H groups in total. The van der Waals surface area contributed by atoms with Crippen LogP contribution in [0.5, 0.6) is 0 Å². The van der Waals surface area contributed by atoms with E-state index in [1.165, 1.54) is 23.9 Å². The maximum absolute atomic E-state index is 11.7. The number of benzene rings is 2. The van der Waals surface area contributed by atoms with Gasteiger partial charge in [-0.3, -0.25) is 4.79 Å². The van der Waals surface area contributed by atoms with Crippen LogP contribution in [-0.2, 0) is 14.3 Å². The summed E-state index contributed by atoms with van der Waals surface area (Å²) in [6.07, 6.45) is 1.26. The summed E-state index contributed by atoms with van der Waals surface area (Å²) in [5, 5.41) is 4.91. The van der Waals surface area contributed by atoms with Crippen molar-refractivity contribution in [2.45, 2.75) is 4.90 Å². The molecule has 2 aromatic rings. The summed E-state index contributed by atoms with van der Waals surface area (Å²) >= 11 is 13.1. The second kappa shape index (κ2) is 9.37. The number of hydrogen-bond donors (Lipinski definition) is 1. The normalized spacial score (nSPS) is 10.6. The van der Waals surface area contributed by atoms with Gasteiger partial charge in [0, 0.05) is 16.0 Å².